The lowest BCUT2D eigenvalue weighted by Gasteiger charge is -2.12. The van der Waals surface area contributed by atoms with Gasteiger partial charge in [-0.05, 0) is 30.7 Å². The Morgan fingerprint density at radius 3 is 2.72 bits per heavy atom. The van der Waals surface area contributed by atoms with Gasteiger partial charge in [0.15, 0.2) is 0 Å². The molecule has 2 heterocycles. The largest absolute Gasteiger partial charge is 0.324 e. The molecule has 0 unspecified atom stereocenters. The topological polar surface area (TPSA) is 68.1 Å². The number of hydrogen-bond donors (Lipinski definition) is 1. The molecule has 0 aliphatic carbocycles. The average molecular weight is 263 g/mol. The smallest absolute Gasteiger partial charge is 0.305 e. The Hall–Kier alpha value is -1.79. The van der Waals surface area contributed by atoms with Gasteiger partial charge in [-0.25, -0.2) is 0 Å². The monoisotopic (exact) mass is 263 g/mol. The van der Waals surface area contributed by atoms with Crippen LogP contribution in [0.1, 0.15) is 23.4 Å². The quantitative estimate of drug-likeness (QED) is 0.665. The van der Waals surface area contributed by atoms with Crippen molar-refractivity contribution in [3.63, 3.8) is 0 Å². The fourth-order valence-electron chi connectivity index (χ4n) is 1.58. The third kappa shape index (κ3) is 3.12. The second-order valence-electron chi connectivity index (χ2n) is 3.88. The predicted octanol–water partition coefficient (Wildman–Crippen LogP) is 2.90. The summed E-state index contributed by atoms with van der Waals surface area (Å²) in [7, 11) is 0. The Morgan fingerprint density at radius 1 is 1.39 bits per heavy atom. The van der Waals surface area contributed by atoms with Crippen molar-refractivity contribution >= 4 is 16.3 Å². The Balaban J connectivity index is 1.93. The summed E-state index contributed by atoms with van der Waals surface area (Å²) in [5.74, 6) is 0. The van der Waals surface area contributed by atoms with Gasteiger partial charge in [0.05, 0.1) is 4.92 Å². The van der Waals surface area contributed by atoms with Gasteiger partial charge in [-0.1, -0.05) is 11.3 Å². The van der Waals surface area contributed by atoms with Crippen molar-refractivity contribution in [1.29, 1.82) is 0 Å². The van der Waals surface area contributed by atoms with Crippen molar-refractivity contribution in [3.8, 4) is 0 Å². The summed E-state index contributed by atoms with van der Waals surface area (Å²) in [5, 5.41) is 14.1. The van der Waals surface area contributed by atoms with E-state index in [4.69, 9.17) is 0 Å². The summed E-state index contributed by atoms with van der Waals surface area (Å²) < 4.78 is 0. The molecular weight excluding hydrogens is 250 g/mol. The van der Waals surface area contributed by atoms with Gasteiger partial charge >= 0.3 is 5.00 Å². The van der Waals surface area contributed by atoms with Crippen molar-refractivity contribution in [2.45, 2.75) is 19.5 Å². The molecule has 5 nitrogen and oxygen atoms in total. The molecule has 0 fully saturated rings. The second-order valence-corrected chi connectivity index (χ2v) is 5.03. The maximum atomic E-state index is 10.6. The molecule has 1 atom stereocenters. The predicted molar refractivity (Wildman–Crippen MR) is 70.5 cm³/mol. The van der Waals surface area contributed by atoms with Gasteiger partial charge in [0.2, 0.25) is 0 Å². The third-order valence-electron chi connectivity index (χ3n) is 2.62. The maximum absolute atomic E-state index is 10.6. The first-order chi connectivity index (χ1) is 8.66. The van der Waals surface area contributed by atoms with E-state index in [0.29, 0.717) is 6.54 Å². The van der Waals surface area contributed by atoms with Crippen molar-refractivity contribution in [2.24, 2.45) is 0 Å². The van der Waals surface area contributed by atoms with Crippen LogP contribution in [0.15, 0.2) is 36.7 Å². The lowest BCUT2D eigenvalue weighted by molar-refractivity contribution is -0.380. The Morgan fingerprint density at radius 2 is 2.11 bits per heavy atom. The Labute approximate surface area is 109 Å². The second kappa shape index (κ2) is 5.70. The molecule has 0 saturated carbocycles. The zero-order valence-electron chi connectivity index (χ0n) is 9.87. The van der Waals surface area contributed by atoms with Crippen LogP contribution < -0.4 is 5.32 Å². The molecule has 0 aliphatic rings. The molecule has 0 spiro atoms. The number of pyridine rings is 1. The highest BCUT2D eigenvalue weighted by molar-refractivity contribution is 7.15. The van der Waals surface area contributed by atoms with Crippen LogP contribution in [0.5, 0.6) is 0 Å². The van der Waals surface area contributed by atoms with E-state index in [1.807, 2.05) is 12.1 Å². The first-order valence-electron chi connectivity index (χ1n) is 5.53. The molecule has 0 aromatic carbocycles. The molecule has 2 aromatic heterocycles. The standard InChI is InChI=1S/C12H13N3O2S/c1-9(10-4-6-13-7-5-10)14-8-11-2-3-12(18-11)15(16)17/h2-7,9,14H,8H2,1H3/t9-/m0/s1. The fraction of sp³-hybridized carbons (Fsp3) is 0.250. The molecule has 0 amide bonds. The number of thiophene rings is 1. The molecule has 1 N–H and O–H groups in total. The molecular formula is C12H13N3O2S. The number of aromatic nitrogens is 1. The van der Waals surface area contributed by atoms with E-state index in [9.17, 15) is 10.1 Å². The van der Waals surface area contributed by atoms with E-state index in [0.717, 1.165) is 10.4 Å². The molecule has 0 radical (unpaired) electrons. The van der Waals surface area contributed by atoms with Crippen LogP contribution in [-0.2, 0) is 6.54 Å². The highest BCUT2D eigenvalue weighted by Gasteiger charge is 2.10. The highest BCUT2D eigenvalue weighted by Crippen LogP contribution is 2.24. The SMILES string of the molecule is C[C@H](NCc1ccc([N+](=O)[O-])s1)c1ccncc1. The van der Waals surface area contributed by atoms with Gasteiger partial charge < -0.3 is 5.32 Å². The summed E-state index contributed by atoms with van der Waals surface area (Å²) in [6, 6.07) is 7.42. The minimum absolute atomic E-state index is 0.184. The molecule has 2 rings (SSSR count). The zero-order chi connectivity index (χ0) is 13.0. The first kappa shape index (κ1) is 12.7. The van der Waals surface area contributed by atoms with Gasteiger partial charge in [0.25, 0.3) is 0 Å². The molecule has 18 heavy (non-hydrogen) atoms. The molecule has 0 bridgehead atoms. The molecule has 0 saturated heterocycles. The van der Waals surface area contributed by atoms with E-state index in [2.05, 4.69) is 17.2 Å². The van der Waals surface area contributed by atoms with E-state index in [1.165, 1.54) is 11.3 Å². The number of nitrogens with one attached hydrogen (secondary N) is 1. The summed E-state index contributed by atoms with van der Waals surface area (Å²) >= 11 is 1.20. The number of rotatable bonds is 5. The van der Waals surface area contributed by atoms with Gasteiger partial charge in [-0.2, -0.15) is 0 Å². The maximum Gasteiger partial charge on any atom is 0.324 e. The van der Waals surface area contributed by atoms with Gasteiger partial charge in [-0.3, -0.25) is 15.1 Å². The average Bonchev–Trinajstić information content (AvgIpc) is 2.86. The van der Waals surface area contributed by atoms with Crippen LogP contribution in [0.25, 0.3) is 0 Å². The Kier molecular flexibility index (Phi) is 4.01. The normalized spacial score (nSPS) is 12.3. The summed E-state index contributed by atoms with van der Waals surface area (Å²) in [4.78, 5) is 15.1. The van der Waals surface area contributed by atoms with E-state index >= 15 is 0 Å². The van der Waals surface area contributed by atoms with Crippen LogP contribution >= 0.6 is 11.3 Å². The summed E-state index contributed by atoms with van der Waals surface area (Å²) in [6.45, 7) is 2.68. The van der Waals surface area contributed by atoms with Crippen molar-refractivity contribution in [2.75, 3.05) is 0 Å². The van der Waals surface area contributed by atoms with Crippen LogP contribution in [0.3, 0.4) is 0 Å². The van der Waals surface area contributed by atoms with Gasteiger partial charge in [-0.15, -0.1) is 0 Å². The first-order valence-corrected chi connectivity index (χ1v) is 6.35. The molecule has 6 heteroatoms. The van der Waals surface area contributed by atoms with Crippen LogP contribution in [-0.4, -0.2) is 9.91 Å². The van der Waals surface area contributed by atoms with E-state index in [-0.39, 0.29) is 16.0 Å². The Bertz CT molecular complexity index is 527. The van der Waals surface area contributed by atoms with Crippen LogP contribution in [0.4, 0.5) is 5.00 Å². The van der Waals surface area contributed by atoms with Crippen LogP contribution in [0.2, 0.25) is 0 Å². The summed E-state index contributed by atoms with van der Waals surface area (Å²) in [6.07, 6.45) is 3.51. The lowest BCUT2D eigenvalue weighted by Crippen LogP contribution is -2.17. The van der Waals surface area contributed by atoms with Crippen LogP contribution in [0, 0.1) is 10.1 Å². The number of nitrogens with zero attached hydrogens (tertiary/aromatic N) is 2. The van der Waals surface area contributed by atoms with Gasteiger partial charge in [0, 0.05) is 35.9 Å². The number of nitro groups is 1. The minimum Gasteiger partial charge on any atom is -0.305 e. The third-order valence-corrected chi connectivity index (χ3v) is 3.65. The number of hydrogen-bond acceptors (Lipinski definition) is 5. The minimum atomic E-state index is -0.361. The van der Waals surface area contributed by atoms with Crippen molar-refractivity contribution < 1.29 is 4.92 Å². The fourth-order valence-corrected chi connectivity index (χ4v) is 2.35. The zero-order valence-corrected chi connectivity index (χ0v) is 10.7. The highest BCUT2D eigenvalue weighted by atomic mass is 32.1. The van der Waals surface area contributed by atoms with Gasteiger partial charge in [0.1, 0.15) is 0 Å². The van der Waals surface area contributed by atoms with Crippen molar-refractivity contribution in [3.05, 3.63) is 57.2 Å². The van der Waals surface area contributed by atoms with Crippen molar-refractivity contribution in [1.82, 2.24) is 10.3 Å². The van der Waals surface area contributed by atoms with E-state index in [1.54, 1.807) is 24.5 Å². The van der Waals surface area contributed by atoms with E-state index < -0.39 is 0 Å². The molecule has 94 valence electrons. The molecule has 0 aliphatic heterocycles. The summed E-state index contributed by atoms with van der Waals surface area (Å²) in [5.41, 5.74) is 1.15. The molecule has 2 aromatic rings. The lowest BCUT2D eigenvalue weighted by atomic mass is 10.1.